The molecule has 1 aliphatic heterocycles. The van der Waals surface area contributed by atoms with Gasteiger partial charge in [0.05, 0.1) is 0 Å². The van der Waals surface area contributed by atoms with Crippen LogP contribution in [0.5, 0.6) is 5.75 Å². The van der Waals surface area contributed by atoms with Crippen LogP contribution in [-0.2, 0) is 4.79 Å². The third-order valence-electron chi connectivity index (χ3n) is 3.76. The lowest BCUT2D eigenvalue weighted by Crippen LogP contribution is -2.46. The molecule has 22 heavy (non-hydrogen) atoms. The maximum Gasteiger partial charge on any atom is 0.258 e. The minimum Gasteiger partial charge on any atom is -0.484 e. The van der Waals surface area contributed by atoms with E-state index in [0.717, 1.165) is 32.5 Å². The van der Waals surface area contributed by atoms with Crippen molar-refractivity contribution in [1.29, 1.82) is 0 Å². The second-order valence-corrected chi connectivity index (χ2v) is 6.28. The van der Waals surface area contributed by atoms with Gasteiger partial charge in [-0.2, -0.15) is 0 Å². The van der Waals surface area contributed by atoms with Gasteiger partial charge in [-0.1, -0.05) is 13.8 Å². The van der Waals surface area contributed by atoms with Crippen molar-refractivity contribution in [2.75, 3.05) is 26.2 Å². The summed E-state index contributed by atoms with van der Waals surface area (Å²) in [4.78, 5) is 14.3. The van der Waals surface area contributed by atoms with E-state index in [9.17, 15) is 9.18 Å². The zero-order chi connectivity index (χ0) is 15.9. The standard InChI is InChI=1S/C17H25FN2O2/c1-13(2)11-20-9-7-15(8-10-20)19-17(21)12-22-16-5-3-14(18)4-6-16/h3-6,13,15H,7-12H2,1-2H3,(H,19,21). The van der Waals surface area contributed by atoms with E-state index in [1.165, 1.54) is 24.3 Å². The zero-order valence-corrected chi connectivity index (χ0v) is 13.3. The Balaban J connectivity index is 1.66. The Bertz CT molecular complexity index is 468. The molecule has 1 aliphatic rings. The highest BCUT2D eigenvalue weighted by molar-refractivity contribution is 5.77. The van der Waals surface area contributed by atoms with Gasteiger partial charge in [-0.3, -0.25) is 4.79 Å². The molecule has 1 aromatic carbocycles. The van der Waals surface area contributed by atoms with Crippen LogP contribution in [0.2, 0.25) is 0 Å². The smallest absolute Gasteiger partial charge is 0.258 e. The average Bonchev–Trinajstić information content (AvgIpc) is 2.48. The predicted octanol–water partition coefficient (Wildman–Crippen LogP) is 2.44. The quantitative estimate of drug-likeness (QED) is 0.877. The monoisotopic (exact) mass is 308 g/mol. The van der Waals surface area contributed by atoms with Gasteiger partial charge in [0.25, 0.3) is 5.91 Å². The molecule has 0 bridgehead atoms. The normalized spacial score (nSPS) is 16.7. The number of nitrogens with zero attached hydrogens (tertiary/aromatic N) is 1. The van der Waals surface area contributed by atoms with Gasteiger partial charge in [0.15, 0.2) is 6.61 Å². The van der Waals surface area contributed by atoms with Crippen molar-refractivity contribution >= 4 is 5.91 Å². The summed E-state index contributed by atoms with van der Waals surface area (Å²) in [5, 5.41) is 3.01. The van der Waals surface area contributed by atoms with E-state index >= 15 is 0 Å². The lowest BCUT2D eigenvalue weighted by Gasteiger charge is -2.33. The van der Waals surface area contributed by atoms with Gasteiger partial charge in [0, 0.05) is 25.7 Å². The molecular weight excluding hydrogens is 283 g/mol. The minimum atomic E-state index is -0.315. The van der Waals surface area contributed by atoms with E-state index in [2.05, 4.69) is 24.1 Å². The highest BCUT2D eigenvalue weighted by Crippen LogP contribution is 2.13. The molecule has 0 aliphatic carbocycles. The van der Waals surface area contributed by atoms with Crippen molar-refractivity contribution in [1.82, 2.24) is 10.2 Å². The fraction of sp³-hybridized carbons (Fsp3) is 0.588. The molecule has 0 unspecified atom stereocenters. The number of amides is 1. The number of carbonyl (C=O) groups is 1. The number of halogens is 1. The van der Waals surface area contributed by atoms with E-state index < -0.39 is 0 Å². The van der Waals surface area contributed by atoms with E-state index in [0.29, 0.717) is 11.7 Å². The maximum absolute atomic E-state index is 12.8. The first kappa shape index (κ1) is 16.7. The van der Waals surface area contributed by atoms with Crippen molar-refractivity contribution in [3.63, 3.8) is 0 Å². The summed E-state index contributed by atoms with van der Waals surface area (Å²) in [6, 6.07) is 5.91. The summed E-state index contributed by atoms with van der Waals surface area (Å²) in [6.07, 6.45) is 1.96. The van der Waals surface area contributed by atoms with Gasteiger partial charge < -0.3 is 15.0 Å². The molecule has 2 rings (SSSR count). The highest BCUT2D eigenvalue weighted by atomic mass is 19.1. The van der Waals surface area contributed by atoms with Gasteiger partial charge in [-0.05, 0) is 43.0 Å². The van der Waals surface area contributed by atoms with Gasteiger partial charge in [-0.15, -0.1) is 0 Å². The molecule has 1 heterocycles. The first-order valence-electron chi connectivity index (χ1n) is 7.93. The molecule has 1 aromatic rings. The highest BCUT2D eigenvalue weighted by Gasteiger charge is 2.21. The van der Waals surface area contributed by atoms with Crippen LogP contribution in [0.3, 0.4) is 0 Å². The summed E-state index contributed by atoms with van der Waals surface area (Å²) in [5.74, 6) is 0.746. The van der Waals surface area contributed by atoms with Crippen LogP contribution < -0.4 is 10.1 Å². The topological polar surface area (TPSA) is 41.6 Å². The molecule has 0 aromatic heterocycles. The Morgan fingerprint density at radius 1 is 1.32 bits per heavy atom. The SMILES string of the molecule is CC(C)CN1CCC(NC(=O)COc2ccc(F)cc2)CC1. The van der Waals surface area contributed by atoms with Crippen LogP contribution >= 0.6 is 0 Å². The maximum atomic E-state index is 12.8. The minimum absolute atomic E-state index is 0.0299. The second kappa shape index (κ2) is 8.13. The number of hydrogen-bond donors (Lipinski definition) is 1. The number of rotatable bonds is 6. The average molecular weight is 308 g/mol. The van der Waals surface area contributed by atoms with Crippen molar-refractivity contribution in [3.8, 4) is 5.75 Å². The van der Waals surface area contributed by atoms with Gasteiger partial charge >= 0.3 is 0 Å². The number of likely N-dealkylation sites (tertiary alicyclic amines) is 1. The lowest BCUT2D eigenvalue weighted by molar-refractivity contribution is -0.124. The molecular formula is C17H25FN2O2. The molecule has 0 spiro atoms. The van der Waals surface area contributed by atoms with Crippen molar-refractivity contribution in [3.05, 3.63) is 30.1 Å². The molecule has 1 amide bonds. The van der Waals surface area contributed by atoms with Crippen molar-refractivity contribution in [2.45, 2.75) is 32.7 Å². The Morgan fingerprint density at radius 3 is 2.55 bits per heavy atom. The largest absolute Gasteiger partial charge is 0.484 e. The number of nitrogens with one attached hydrogen (secondary N) is 1. The summed E-state index contributed by atoms with van der Waals surface area (Å²) in [6.45, 7) is 7.59. The van der Waals surface area contributed by atoms with E-state index in [1.807, 2.05) is 0 Å². The van der Waals surface area contributed by atoms with Crippen molar-refractivity contribution < 1.29 is 13.9 Å². The number of benzene rings is 1. The molecule has 5 heteroatoms. The van der Waals surface area contributed by atoms with Crippen LogP contribution in [0, 0.1) is 11.7 Å². The molecule has 1 N–H and O–H groups in total. The van der Waals surface area contributed by atoms with Crippen LogP contribution in [0.25, 0.3) is 0 Å². The lowest BCUT2D eigenvalue weighted by atomic mass is 10.0. The molecule has 0 atom stereocenters. The van der Waals surface area contributed by atoms with Gasteiger partial charge in [-0.25, -0.2) is 4.39 Å². The molecule has 1 saturated heterocycles. The van der Waals surface area contributed by atoms with Crippen LogP contribution in [-0.4, -0.2) is 43.1 Å². The van der Waals surface area contributed by atoms with E-state index in [4.69, 9.17) is 4.74 Å². The first-order valence-corrected chi connectivity index (χ1v) is 7.93. The first-order chi connectivity index (χ1) is 10.5. The fourth-order valence-corrected chi connectivity index (χ4v) is 2.73. The third-order valence-corrected chi connectivity index (χ3v) is 3.76. The van der Waals surface area contributed by atoms with Gasteiger partial charge in [0.2, 0.25) is 0 Å². The summed E-state index contributed by atoms with van der Waals surface area (Å²) in [5.41, 5.74) is 0. The molecule has 0 radical (unpaired) electrons. The van der Waals surface area contributed by atoms with Gasteiger partial charge in [0.1, 0.15) is 11.6 Å². The van der Waals surface area contributed by atoms with Crippen LogP contribution in [0.1, 0.15) is 26.7 Å². The molecule has 4 nitrogen and oxygen atoms in total. The summed E-state index contributed by atoms with van der Waals surface area (Å²) >= 11 is 0. The molecule has 0 saturated carbocycles. The second-order valence-electron chi connectivity index (χ2n) is 6.28. The van der Waals surface area contributed by atoms with E-state index in [-0.39, 0.29) is 24.4 Å². The fourth-order valence-electron chi connectivity index (χ4n) is 2.73. The predicted molar refractivity (Wildman–Crippen MR) is 84.3 cm³/mol. The Kier molecular flexibility index (Phi) is 6.19. The molecule has 122 valence electrons. The third kappa shape index (κ3) is 5.64. The van der Waals surface area contributed by atoms with Crippen LogP contribution in [0.4, 0.5) is 4.39 Å². The summed E-state index contributed by atoms with van der Waals surface area (Å²) < 4.78 is 18.1. The van der Waals surface area contributed by atoms with Crippen LogP contribution in [0.15, 0.2) is 24.3 Å². The number of piperidine rings is 1. The Morgan fingerprint density at radius 2 is 1.95 bits per heavy atom. The zero-order valence-electron chi connectivity index (χ0n) is 13.3. The Labute approximate surface area is 131 Å². The summed E-state index contributed by atoms with van der Waals surface area (Å²) in [7, 11) is 0. The Hall–Kier alpha value is -1.62. The van der Waals surface area contributed by atoms with Crippen molar-refractivity contribution in [2.24, 2.45) is 5.92 Å². The number of carbonyl (C=O) groups excluding carboxylic acids is 1. The number of ether oxygens (including phenoxy) is 1. The molecule has 1 fully saturated rings. The van der Waals surface area contributed by atoms with E-state index in [1.54, 1.807) is 0 Å². The number of hydrogen-bond acceptors (Lipinski definition) is 3.